The molecule has 51 heavy (non-hydrogen) atoms. The third-order valence-corrected chi connectivity index (χ3v) is 9.83. The zero-order valence-corrected chi connectivity index (χ0v) is 28.2. The Balaban J connectivity index is 1.25. The molecule has 0 N–H and O–H groups in total. The molecule has 9 aromatic rings. The minimum absolute atomic E-state index is 1.10. The normalized spacial score (nSPS) is 11.1. The maximum Gasteiger partial charge on any atom is 0.0468 e. The molecule has 0 aromatic heterocycles. The minimum Gasteiger partial charge on any atom is -0.310 e. The van der Waals surface area contributed by atoms with Crippen LogP contribution >= 0.6 is 0 Å². The largest absolute Gasteiger partial charge is 0.310 e. The fourth-order valence-electron chi connectivity index (χ4n) is 7.31. The first kappa shape index (κ1) is 30.4. The summed E-state index contributed by atoms with van der Waals surface area (Å²) in [5, 5.41) is 4.97. The molecule has 0 saturated carbocycles. The van der Waals surface area contributed by atoms with E-state index in [4.69, 9.17) is 0 Å². The second-order valence-corrected chi connectivity index (χ2v) is 13.0. The number of hydrogen-bond donors (Lipinski definition) is 0. The molecule has 0 bridgehead atoms. The molecule has 9 aromatic carbocycles. The van der Waals surface area contributed by atoms with Crippen molar-refractivity contribution in [3.05, 3.63) is 212 Å². The van der Waals surface area contributed by atoms with Crippen molar-refractivity contribution in [1.82, 2.24) is 0 Å². The molecule has 0 fully saturated rings. The van der Waals surface area contributed by atoms with E-state index >= 15 is 0 Å². The fourth-order valence-corrected chi connectivity index (χ4v) is 7.31. The molecular formula is C50H35N. The van der Waals surface area contributed by atoms with Crippen LogP contribution < -0.4 is 4.90 Å². The fraction of sp³-hybridized carbons (Fsp3) is 0. The van der Waals surface area contributed by atoms with Crippen molar-refractivity contribution in [3.63, 3.8) is 0 Å². The van der Waals surface area contributed by atoms with Crippen molar-refractivity contribution >= 4 is 38.6 Å². The van der Waals surface area contributed by atoms with E-state index in [9.17, 15) is 0 Å². The number of rotatable bonds is 7. The summed E-state index contributed by atoms with van der Waals surface area (Å²) in [7, 11) is 0. The lowest BCUT2D eigenvalue weighted by atomic mass is 9.93. The van der Waals surface area contributed by atoms with Crippen molar-refractivity contribution < 1.29 is 0 Å². The average molecular weight is 650 g/mol. The van der Waals surface area contributed by atoms with Crippen LogP contribution in [0.25, 0.3) is 66.1 Å². The first-order valence-electron chi connectivity index (χ1n) is 17.5. The molecule has 0 radical (unpaired) electrons. The highest BCUT2D eigenvalue weighted by Crippen LogP contribution is 2.43. The number of benzene rings is 9. The quantitative estimate of drug-likeness (QED) is 0.155. The minimum atomic E-state index is 1.10. The topological polar surface area (TPSA) is 3.24 Å². The third-order valence-electron chi connectivity index (χ3n) is 9.83. The monoisotopic (exact) mass is 649 g/mol. The van der Waals surface area contributed by atoms with Gasteiger partial charge in [0.05, 0.1) is 0 Å². The average Bonchev–Trinajstić information content (AvgIpc) is 3.22. The SMILES string of the molecule is c1ccc(-c2cccc(-c3cccc(N(c4ccc(-c5ccccc5)c(-c5ccccc5)c4)c4ccc5ccc6ccccc6c5c4)c3)c2)cc1. The summed E-state index contributed by atoms with van der Waals surface area (Å²) in [5.41, 5.74) is 12.9. The van der Waals surface area contributed by atoms with Crippen molar-refractivity contribution in [3.8, 4) is 44.5 Å². The molecule has 0 amide bonds. The van der Waals surface area contributed by atoms with Gasteiger partial charge < -0.3 is 4.90 Å². The molecule has 240 valence electrons. The zero-order chi connectivity index (χ0) is 34.0. The van der Waals surface area contributed by atoms with Gasteiger partial charge >= 0.3 is 0 Å². The smallest absolute Gasteiger partial charge is 0.0468 e. The van der Waals surface area contributed by atoms with Crippen LogP contribution in [0.2, 0.25) is 0 Å². The Morgan fingerprint density at radius 1 is 0.235 bits per heavy atom. The molecule has 0 heterocycles. The zero-order valence-electron chi connectivity index (χ0n) is 28.2. The highest BCUT2D eigenvalue weighted by Gasteiger charge is 2.18. The van der Waals surface area contributed by atoms with Crippen molar-refractivity contribution in [2.24, 2.45) is 0 Å². The number of nitrogens with zero attached hydrogens (tertiary/aromatic N) is 1. The Hall–Kier alpha value is -6.70. The van der Waals surface area contributed by atoms with E-state index in [2.05, 4.69) is 217 Å². The Morgan fingerprint density at radius 3 is 1.43 bits per heavy atom. The second kappa shape index (κ2) is 13.3. The third kappa shape index (κ3) is 5.96. The summed E-state index contributed by atoms with van der Waals surface area (Å²) in [6, 6.07) is 76.7. The molecule has 0 atom stereocenters. The van der Waals surface area contributed by atoms with E-state index in [0.717, 1.165) is 17.1 Å². The van der Waals surface area contributed by atoms with E-state index < -0.39 is 0 Å². The van der Waals surface area contributed by atoms with E-state index in [1.165, 1.54) is 66.1 Å². The predicted octanol–water partition coefficient (Wildman–Crippen LogP) is 14.1. The summed E-state index contributed by atoms with van der Waals surface area (Å²) in [6.45, 7) is 0. The van der Waals surface area contributed by atoms with E-state index in [1.54, 1.807) is 0 Å². The van der Waals surface area contributed by atoms with Gasteiger partial charge in [-0.15, -0.1) is 0 Å². The highest BCUT2D eigenvalue weighted by atomic mass is 15.1. The van der Waals surface area contributed by atoms with Crippen LogP contribution in [-0.4, -0.2) is 0 Å². The number of hydrogen-bond acceptors (Lipinski definition) is 1. The van der Waals surface area contributed by atoms with Gasteiger partial charge in [-0.1, -0.05) is 170 Å². The summed E-state index contributed by atoms with van der Waals surface area (Å²) in [5.74, 6) is 0. The summed E-state index contributed by atoms with van der Waals surface area (Å²) in [6.07, 6.45) is 0. The lowest BCUT2D eigenvalue weighted by Crippen LogP contribution is -2.10. The molecule has 0 aliphatic carbocycles. The number of anilines is 3. The molecule has 0 spiro atoms. The van der Waals surface area contributed by atoms with Gasteiger partial charge in [-0.3, -0.25) is 0 Å². The van der Waals surface area contributed by atoms with Gasteiger partial charge in [0, 0.05) is 17.1 Å². The Kier molecular flexibility index (Phi) is 7.92. The molecule has 0 unspecified atom stereocenters. The van der Waals surface area contributed by atoms with E-state index in [0.29, 0.717) is 0 Å². The molecule has 1 heteroatoms. The Morgan fingerprint density at radius 2 is 0.706 bits per heavy atom. The van der Waals surface area contributed by atoms with Crippen LogP contribution in [0.1, 0.15) is 0 Å². The standard InChI is InChI=1S/C50H35N/c1-4-14-36(15-5-1)41-21-12-22-42(32-41)43-23-13-24-44(33-43)51(45-29-28-40-27-26-39-20-10-11-25-47(39)50(40)34-45)46-30-31-48(37-16-6-2-7-17-37)49(35-46)38-18-8-3-9-19-38/h1-35H. The van der Waals surface area contributed by atoms with Crippen LogP contribution in [0, 0.1) is 0 Å². The van der Waals surface area contributed by atoms with Crippen LogP contribution in [0.3, 0.4) is 0 Å². The molecule has 0 aliphatic heterocycles. The van der Waals surface area contributed by atoms with Gasteiger partial charge in [0.1, 0.15) is 0 Å². The maximum atomic E-state index is 2.41. The van der Waals surface area contributed by atoms with Gasteiger partial charge in [-0.05, 0) is 109 Å². The van der Waals surface area contributed by atoms with Gasteiger partial charge in [0.2, 0.25) is 0 Å². The first-order chi connectivity index (χ1) is 25.3. The summed E-state index contributed by atoms with van der Waals surface area (Å²) in [4.78, 5) is 2.41. The lowest BCUT2D eigenvalue weighted by molar-refractivity contribution is 1.29. The molecule has 1 nitrogen and oxygen atoms in total. The molecule has 9 rings (SSSR count). The van der Waals surface area contributed by atoms with Crippen molar-refractivity contribution in [1.29, 1.82) is 0 Å². The van der Waals surface area contributed by atoms with Crippen molar-refractivity contribution in [2.75, 3.05) is 4.90 Å². The molecule has 0 saturated heterocycles. The lowest BCUT2D eigenvalue weighted by Gasteiger charge is -2.28. The Bertz CT molecular complexity index is 2620. The van der Waals surface area contributed by atoms with Crippen LogP contribution in [0.4, 0.5) is 17.1 Å². The molecular weight excluding hydrogens is 615 g/mol. The Labute approximate surface area is 299 Å². The van der Waals surface area contributed by atoms with Gasteiger partial charge in [-0.2, -0.15) is 0 Å². The first-order valence-corrected chi connectivity index (χ1v) is 17.5. The predicted molar refractivity (Wildman–Crippen MR) is 218 cm³/mol. The molecule has 0 aliphatic rings. The van der Waals surface area contributed by atoms with E-state index in [-0.39, 0.29) is 0 Å². The number of fused-ring (bicyclic) bond motifs is 3. The van der Waals surface area contributed by atoms with E-state index in [1.807, 2.05) is 0 Å². The second-order valence-electron chi connectivity index (χ2n) is 13.0. The van der Waals surface area contributed by atoms with Gasteiger partial charge in [0.25, 0.3) is 0 Å². The summed E-state index contributed by atoms with van der Waals surface area (Å²) >= 11 is 0. The van der Waals surface area contributed by atoms with Crippen LogP contribution in [-0.2, 0) is 0 Å². The van der Waals surface area contributed by atoms with Crippen LogP contribution in [0.15, 0.2) is 212 Å². The maximum absolute atomic E-state index is 2.41. The van der Waals surface area contributed by atoms with Gasteiger partial charge in [0.15, 0.2) is 0 Å². The van der Waals surface area contributed by atoms with Gasteiger partial charge in [-0.25, -0.2) is 0 Å². The van der Waals surface area contributed by atoms with Crippen LogP contribution in [0.5, 0.6) is 0 Å². The van der Waals surface area contributed by atoms with Crippen molar-refractivity contribution in [2.45, 2.75) is 0 Å². The highest BCUT2D eigenvalue weighted by molar-refractivity contribution is 6.09. The summed E-state index contributed by atoms with van der Waals surface area (Å²) < 4.78 is 0.